The number of fused-ring (bicyclic) bond motifs is 5. The summed E-state index contributed by atoms with van der Waals surface area (Å²) in [4.78, 5) is 2.32. The number of rotatable bonds is 4. The van der Waals surface area contributed by atoms with E-state index < -0.39 is 0 Å². The highest BCUT2D eigenvalue weighted by atomic mass is 16.3. The monoisotopic (exact) mass is 555 g/mol. The maximum absolute atomic E-state index is 6.12. The van der Waals surface area contributed by atoms with Gasteiger partial charge in [0.15, 0.2) is 0 Å². The number of furan rings is 1. The fraction of sp³-hybridized carbons (Fsp3) is 0.122. The van der Waals surface area contributed by atoms with Crippen LogP contribution < -0.4 is 4.90 Å². The fourth-order valence-corrected chi connectivity index (χ4v) is 7.00. The summed E-state index contributed by atoms with van der Waals surface area (Å²) < 4.78 is 6.12. The molecule has 1 aromatic heterocycles. The molecule has 0 spiro atoms. The van der Waals surface area contributed by atoms with Crippen molar-refractivity contribution in [2.45, 2.75) is 32.6 Å². The van der Waals surface area contributed by atoms with Crippen LogP contribution in [0.25, 0.3) is 33.1 Å². The first-order valence-corrected chi connectivity index (χ1v) is 15.1. The number of nitrogens with zero attached hydrogens (tertiary/aromatic N) is 1. The Labute approximate surface area is 252 Å². The van der Waals surface area contributed by atoms with Crippen LogP contribution in [0.1, 0.15) is 41.7 Å². The molecule has 0 radical (unpaired) electrons. The molecule has 0 amide bonds. The summed E-state index contributed by atoms with van der Waals surface area (Å²) in [6.45, 7) is 6.92. The minimum absolute atomic E-state index is 0.0351. The van der Waals surface area contributed by atoms with Crippen molar-refractivity contribution in [3.8, 4) is 11.1 Å². The van der Waals surface area contributed by atoms with Gasteiger partial charge in [0.05, 0.1) is 0 Å². The Morgan fingerprint density at radius 3 is 2.07 bits per heavy atom. The Hall–Kier alpha value is -5.08. The first kappa shape index (κ1) is 25.6. The van der Waals surface area contributed by atoms with Crippen LogP contribution >= 0.6 is 0 Å². The molecule has 7 aromatic rings. The minimum atomic E-state index is -0.0351. The Balaban J connectivity index is 1.19. The van der Waals surface area contributed by atoms with E-state index in [1.807, 2.05) is 12.1 Å². The largest absolute Gasteiger partial charge is 0.456 e. The number of aryl methyl sites for hydroxylation is 1. The minimum Gasteiger partial charge on any atom is -0.456 e. The number of benzene rings is 6. The van der Waals surface area contributed by atoms with Crippen molar-refractivity contribution in [3.05, 3.63) is 161 Å². The second kappa shape index (κ2) is 9.74. The van der Waals surface area contributed by atoms with Gasteiger partial charge in [0.1, 0.15) is 11.2 Å². The van der Waals surface area contributed by atoms with Crippen molar-refractivity contribution >= 4 is 39.0 Å². The summed E-state index contributed by atoms with van der Waals surface area (Å²) in [5.41, 5.74) is 14.7. The molecule has 0 aliphatic heterocycles. The van der Waals surface area contributed by atoms with Crippen LogP contribution in [0.15, 0.2) is 138 Å². The predicted octanol–water partition coefficient (Wildman–Crippen LogP) is 11.3. The van der Waals surface area contributed by atoms with Gasteiger partial charge in [-0.2, -0.15) is 0 Å². The lowest BCUT2D eigenvalue weighted by Crippen LogP contribution is -2.27. The molecule has 0 saturated heterocycles. The van der Waals surface area contributed by atoms with Crippen LogP contribution in [0.5, 0.6) is 0 Å². The van der Waals surface area contributed by atoms with Crippen molar-refractivity contribution in [1.82, 2.24) is 0 Å². The van der Waals surface area contributed by atoms with Gasteiger partial charge in [-0.25, -0.2) is 0 Å². The maximum Gasteiger partial charge on any atom is 0.135 e. The van der Waals surface area contributed by atoms with E-state index in [1.54, 1.807) is 0 Å². The van der Waals surface area contributed by atoms with Crippen LogP contribution in [0.2, 0.25) is 0 Å². The van der Waals surface area contributed by atoms with E-state index in [0.717, 1.165) is 45.4 Å². The second-order valence-electron chi connectivity index (χ2n) is 12.3. The van der Waals surface area contributed by atoms with Gasteiger partial charge >= 0.3 is 0 Å². The number of para-hydroxylation sites is 2. The molecule has 0 unspecified atom stereocenters. The van der Waals surface area contributed by atoms with E-state index in [9.17, 15) is 0 Å². The van der Waals surface area contributed by atoms with E-state index in [1.165, 1.54) is 38.9 Å². The van der Waals surface area contributed by atoms with Crippen molar-refractivity contribution in [2.75, 3.05) is 4.90 Å². The SMILES string of the molecule is Cc1ccc2c(c1)Cc1ccc(-c3ccc(N(c4ccccc4)c4ccc5oc6ccccc6c5c4)cc3)cc1C2(C)C. The molecule has 43 heavy (non-hydrogen) atoms. The molecule has 8 rings (SSSR count). The van der Waals surface area contributed by atoms with Crippen molar-refractivity contribution < 1.29 is 4.42 Å². The molecule has 6 aromatic carbocycles. The van der Waals surface area contributed by atoms with E-state index >= 15 is 0 Å². The van der Waals surface area contributed by atoms with E-state index in [4.69, 9.17) is 4.42 Å². The molecule has 2 heteroatoms. The topological polar surface area (TPSA) is 16.4 Å². The summed E-state index contributed by atoms with van der Waals surface area (Å²) in [7, 11) is 0. The van der Waals surface area contributed by atoms with Crippen molar-refractivity contribution in [3.63, 3.8) is 0 Å². The highest BCUT2D eigenvalue weighted by molar-refractivity contribution is 6.06. The average Bonchev–Trinajstić information content (AvgIpc) is 3.40. The van der Waals surface area contributed by atoms with Gasteiger partial charge in [0, 0.05) is 33.2 Å². The first-order chi connectivity index (χ1) is 21.0. The molecule has 1 aliphatic rings. The molecule has 0 saturated carbocycles. The lowest BCUT2D eigenvalue weighted by molar-refractivity contribution is 0.610. The quantitative estimate of drug-likeness (QED) is 0.215. The molecular weight excluding hydrogens is 522 g/mol. The van der Waals surface area contributed by atoms with E-state index in [-0.39, 0.29) is 5.41 Å². The molecule has 0 bridgehead atoms. The second-order valence-corrected chi connectivity index (χ2v) is 12.3. The lowest BCUT2D eigenvalue weighted by Gasteiger charge is -2.36. The summed E-state index contributed by atoms with van der Waals surface area (Å²) in [6, 6.07) is 48.3. The molecule has 0 fully saturated rings. The van der Waals surface area contributed by atoms with Crippen LogP contribution in [0.4, 0.5) is 17.1 Å². The lowest BCUT2D eigenvalue weighted by atomic mass is 9.68. The standard InChI is InChI=1S/C41H33NO/c1-27-13-21-37-31(23-27)24-30-15-14-29(25-38(30)41(37,2)3)28-16-18-33(19-17-28)42(32-9-5-4-6-10-32)34-20-22-40-36(26-34)35-11-7-8-12-39(35)43-40/h4-23,25-26H,24H2,1-3H3. The van der Waals surface area contributed by atoms with Gasteiger partial charge in [0.2, 0.25) is 0 Å². The number of hydrogen-bond donors (Lipinski definition) is 0. The number of hydrogen-bond acceptors (Lipinski definition) is 2. The Morgan fingerprint density at radius 2 is 1.23 bits per heavy atom. The van der Waals surface area contributed by atoms with Gasteiger partial charge < -0.3 is 9.32 Å². The highest BCUT2D eigenvalue weighted by Crippen LogP contribution is 2.44. The average molecular weight is 556 g/mol. The molecule has 1 aliphatic carbocycles. The maximum atomic E-state index is 6.12. The van der Waals surface area contributed by atoms with Crippen LogP contribution in [-0.4, -0.2) is 0 Å². The first-order valence-electron chi connectivity index (χ1n) is 15.1. The van der Waals surface area contributed by atoms with E-state index in [0.29, 0.717) is 0 Å². The highest BCUT2D eigenvalue weighted by Gasteiger charge is 2.32. The molecule has 2 nitrogen and oxygen atoms in total. The van der Waals surface area contributed by atoms with Crippen molar-refractivity contribution in [2.24, 2.45) is 0 Å². The zero-order chi connectivity index (χ0) is 29.1. The predicted molar refractivity (Wildman–Crippen MR) is 180 cm³/mol. The zero-order valence-corrected chi connectivity index (χ0v) is 24.8. The molecule has 1 heterocycles. The smallest absolute Gasteiger partial charge is 0.135 e. The fourth-order valence-electron chi connectivity index (χ4n) is 7.00. The van der Waals surface area contributed by atoms with Crippen LogP contribution in [-0.2, 0) is 11.8 Å². The summed E-state index contributed by atoms with van der Waals surface area (Å²) in [5, 5.41) is 2.26. The van der Waals surface area contributed by atoms with E-state index in [2.05, 4.69) is 147 Å². The third-order valence-electron chi connectivity index (χ3n) is 9.19. The summed E-state index contributed by atoms with van der Waals surface area (Å²) in [5.74, 6) is 0. The third kappa shape index (κ3) is 4.25. The molecular formula is C41H33NO. The third-order valence-corrected chi connectivity index (χ3v) is 9.19. The van der Waals surface area contributed by atoms with Crippen LogP contribution in [0.3, 0.4) is 0 Å². The molecule has 208 valence electrons. The van der Waals surface area contributed by atoms with Gasteiger partial charge in [-0.1, -0.05) is 98.3 Å². The van der Waals surface area contributed by atoms with Gasteiger partial charge in [-0.15, -0.1) is 0 Å². The Bertz CT molecular complexity index is 2130. The normalized spacial score (nSPS) is 13.6. The van der Waals surface area contributed by atoms with Gasteiger partial charge in [-0.05, 0) is 101 Å². The molecule has 0 atom stereocenters. The Kier molecular flexibility index (Phi) is 5.80. The Morgan fingerprint density at radius 1 is 0.535 bits per heavy atom. The van der Waals surface area contributed by atoms with Gasteiger partial charge in [0.25, 0.3) is 0 Å². The zero-order valence-electron chi connectivity index (χ0n) is 24.8. The van der Waals surface area contributed by atoms with Crippen LogP contribution in [0, 0.1) is 6.92 Å². The summed E-state index contributed by atoms with van der Waals surface area (Å²) >= 11 is 0. The van der Waals surface area contributed by atoms with Crippen molar-refractivity contribution in [1.29, 1.82) is 0 Å². The molecule has 0 N–H and O–H groups in total. The summed E-state index contributed by atoms with van der Waals surface area (Å²) in [6.07, 6.45) is 0.997. The van der Waals surface area contributed by atoms with Gasteiger partial charge in [-0.3, -0.25) is 0 Å². The number of anilines is 3.